The van der Waals surface area contributed by atoms with Crippen LogP contribution in [0.5, 0.6) is 35.3 Å². The van der Waals surface area contributed by atoms with Crippen molar-refractivity contribution in [2.24, 2.45) is 10.9 Å². The van der Waals surface area contributed by atoms with E-state index in [1.165, 1.54) is 94.6 Å². The summed E-state index contributed by atoms with van der Waals surface area (Å²) in [7, 11) is 8.25. The van der Waals surface area contributed by atoms with E-state index < -0.39 is 40.4 Å². The van der Waals surface area contributed by atoms with Gasteiger partial charge < -0.3 is 58.4 Å². The number of methoxy groups -OCH3 is 6. The Morgan fingerprint density at radius 2 is 0.916 bits per heavy atom. The summed E-state index contributed by atoms with van der Waals surface area (Å²) in [5.41, 5.74) is 6.17. The summed E-state index contributed by atoms with van der Waals surface area (Å²) in [5.74, 6) is -0.653. The Kier molecular flexibility index (Phi) is 19.9. The van der Waals surface area contributed by atoms with E-state index in [-0.39, 0.29) is 182 Å². The minimum atomic E-state index is -1.96. The number of aromatic nitrogens is 14. The monoisotopic (exact) mass is 1380 g/mol. The Bertz CT molecular complexity index is 5140. The first-order valence-electron chi connectivity index (χ1n) is 25.9. The van der Waals surface area contributed by atoms with E-state index in [1.54, 1.807) is 6.92 Å². The smallest absolute Gasteiger partial charge is 0.439 e. The van der Waals surface area contributed by atoms with Crippen LogP contribution >= 0.6 is 34.8 Å². The molecule has 0 atom stereocenters. The number of rotatable bonds is 14. The summed E-state index contributed by atoms with van der Waals surface area (Å²) in [6.45, 7) is 7.57. The number of nitro groups is 4. The van der Waals surface area contributed by atoms with Crippen molar-refractivity contribution in [3.8, 4) is 69.4 Å². The van der Waals surface area contributed by atoms with Crippen molar-refractivity contribution in [2.75, 3.05) is 42.7 Å². The fraction of sp³-hybridized carbons (Fsp3) is 0.235. The van der Waals surface area contributed by atoms with Crippen LogP contribution in [0.2, 0.25) is 0 Å². The van der Waals surface area contributed by atoms with E-state index in [9.17, 15) is 54.8 Å². The number of alkyl halides is 3. The summed E-state index contributed by atoms with van der Waals surface area (Å²) >= 11 is 17.2. The molecule has 494 valence electrons. The van der Waals surface area contributed by atoms with Crippen LogP contribution in [-0.2, 0) is 3.79 Å². The first-order chi connectivity index (χ1) is 44.9. The lowest BCUT2D eigenvalue weighted by Crippen LogP contribution is -2.29. The van der Waals surface area contributed by atoms with Crippen molar-refractivity contribution in [3.63, 3.8) is 0 Å². The molecule has 4 aromatic carbocycles. The van der Waals surface area contributed by atoms with Gasteiger partial charge in [0.25, 0.3) is 67.7 Å². The third kappa shape index (κ3) is 13.7. The number of nitrogens with two attached hydrogens (primary N) is 1. The van der Waals surface area contributed by atoms with Crippen LogP contribution in [0.4, 0.5) is 22.7 Å². The Balaban J connectivity index is 0.000000163. The number of oxime groups is 1. The number of fused-ring (bicyclic) bond motifs is 4. The largest absolute Gasteiger partial charge is 0.477 e. The minimum Gasteiger partial charge on any atom is -0.477 e. The van der Waals surface area contributed by atoms with E-state index >= 15 is 0 Å². The van der Waals surface area contributed by atoms with Crippen molar-refractivity contribution in [3.05, 3.63) is 136 Å². The average molecular weight is 1380 g/mol. The second-order valence-electron chi connectivity index (χ2n) is 18.8. The van der Waals surface area contributed by atoms with Crippen LogP contribution in [0, 0.1) is 75.1 Å². The maximum atomic E-state index is 11.6. The second-order valence-corrected chi connectivity index (χ2v) is 21.0. The highest BCUT2D eigenvalue weighted by Crippen LogP contribution is 2.43. The predicted octanol–water partition coefficient (Wildman–Crippen LogP) is 6.70. The van der Waals surface area contributed by atoms with Gasteiger partial charge in [0, 0.05) is 53.4 Å². The van der Waals surface area contributed by atoms with Gasteiger partial charge in [-0.1, -0.05) is 55.4 Å². The third-order valence-electron chi connectivity index (χ3n) is 13.3. The van der Waals surface area contributed by atoms with Crippen molar-refractivity contribution in [1.82, 2.24) is 70.3 Å². The van der Waals surface area contributed by atoms with Crippen LogP contribution in [0.25, 0.3) is 78.3 Å². The molecule has 6 N–H and O–H groups in total. The van der Waals surface area contributed by atoms with Gasteiger partial charge in [0.2, 0.25) is 17.5 Å². The fourth-order valence-electron chi connectivity index (χ4n) is 9.02. The number of nitro benzene ring substituents is 4. The minimum absolute atomic E-state index is 0.00715. The molecule has 0 aliphatic heterocycles. The van der Waals surface area contributed by atoms with E-state index in [0.717, 1.165) is 0 Å². The normalized spacial score (nSPS) is 11.2. The van der Waals surface area contributed by atoms with Crippen LogP contribution in [-0.4, -0.2) is 144 Å². The molecular weight excluding hydrogens is 1340 g/mol. The molecule has 7 heterocycles. The third-order valence-corrected chi connectivity index (χ3v) is 13.8. The lowest BCUT2D eigenvalue weighted by molar-refractivity contribution is -0.385. The Morgan fingerprint density at radius 3 is 1.34 bits per heavy atom. The molecule has 7 aromatic heterocycles. The summed E-state index contributed by atoms with van der Waals surface area (Å²) in [4.78, 5) is 117. The Hall–Kier alpha value is -12.4. The molecule has 0 unspecified atom stereocenters. The van der Waals surface area contributed by atoms with E-state index in [1.807, 2.05) is 0 Å². The molecule has 0 radical (unpaired) electrons. The molecule has 0 spiro atoms. The highest BCUT2D eigenvalue weighted by Gasteiger charge is 2.34. The number of hydrogen-bond donors (Lipinski definition) is 5. The van der Waals surface area contributed by atoms with Crippen molar-refractivity contribution >= 4 is 108 Å². The van der Waals surface area contributed by atoms with Gasteiger partial charge in [-0.05, 0) is 27.7 Å². The van der Waals surface area contributed by atoms with Gasteiger partial charge >= 0.3 is 16.9 Å². The fourth-order valence-corrected chi connectivity index (χ4v) is 9.25. The van der Waals surface area contributed by atoms with Gasteiger partial charge in [-0.15, -0.1) is 0 Å². The lowest BCUT2D eigenvalue weighted by atomic mass is 10.0. The zero-order chi connectivity index (χ0) is 69.8. The van der Waals surface area contributed by atoms with Gasteiger partial charge in [-0.3, -0.25) is 59.6 Å². The van der Waals surface area contributed by atoms with Crippen LogP contribution < -0.4 is 51.0 Å². The molecule has 0 bridgehead atoms. The van der Waals surface area contributed by atoms with E-state index in [0.29, 0.717) is 0 Å². The Morgan fingerprint density at radius 1 is 0.516 bits per heavy atom. The molecule has 0 fully saturated rings. The SMILES string of the molecule is COc1nc2cc([N+](=O)[O-])c(C)c(-c3noc(=O)[nH]3)c2nc1OC.COc1nc2cc([N+](=O)[O-])c(C)c(-c3noc(C(Cl)(Cl)Cl)n3)c2nc1OC.COc1nc2cc([N+](=O)[O-])c(C)c(/C(N)=N\O)c2nc1OC.Cc1nc(-c2c(C)c([N+](=O)[O-])cc3[nH]c(=O)c(=O)[nH]c23)no1. The highest BCUT2D eigenvalue weighted by atomic mass is 35.6. The number of nitrogens with one attached hydrogen (secondary N) is 3. The quantitative estimate of drug-likeness (QED) is 0.0144. The summed E-state index contributed by atoms with van der Waals surface area (Å²) in [5, 5.41) is 68.0. The van der Waals surface area contributed by atoms with Crippen LogP contribution in [0.3, 0.4) is 0 Å². The number of hydrogen-bond acceptors (Lipinski definition) is 33. The van der Waals surface area contributed by atoms with Crippen molar-refractivity contribution < 1.29 is 66.9 Å². The predicted molar refractivity (Wildman–Crippen MR) is 328 cm³/mol. The van der Waals surface area contributed by atoms with Crippen LogP contribution in [0.1, 0.15) is 39.6 Å². The number of amidine groups is 1. The molecular formula is C51H43Cl3N20O21. The maximum Gasteiger partial charge on any atom is 0.439 e. The first-order valence-corrected chi connectivity index (χ1v) is 27.0. The van der Waals surface area contributed by atoms with E-state index in [2.05, 4.69) is 80.0 Å². The number of aromatic amines is 3. The maximum absolute atomic E-state index is 11.6. The average Bonchev–Trinajstić information content (AvgIpc) is 1.65. The van der Waals surface area contributed by atoms with Gasteiger partial charge in [0.15, 0.2) is 11.7 Å². The molecule has 44 heteroatoms. The molecule has 0 saturated heterocycles. The van der Waals surface area contributed by atoms with Gasteiger partial charge in [-0.25, -0.2) is 34.7 Å². The lowest BCUT2D eigenvalue weighted by Gasteiger charge is -2.11. The summed E-state index contributed by atoms with van der Waals surface area (Å²) < 4.78 is 42.9. The zero-order valence-electron chi connectivity index (χ0n) is 50.3. The number of halogens is 3. The Labute approximate surface area is 539 Å². The highest BCUT2D eigenvalue weighted by molar-refractivity contribution is 6.66. The zero-order valence-corrected chi connectivity index (χ0v) is 52.6. The second kappa shape index (κ2) is 27.6. The molecule has 95 heavy (non-hydrogen) atoms. The van der Waals surface area contributed by atoms with Gasteiger partial charge in [0.1, 0.15) is 33.1 Å². The van der Waals surface area contributed by atoms with Crippen molar-refractivity contribution in [2.45, 2.75) is 38.4 Å². The first kappa shape index (κ1) is 68.5. The molecule has 41 nitrogen and oxygen atoms in total. The number of ether oxygens (including phenoxy) is 6. The number of aryl methyl sites for hydroxylation is 1. The standard InChI is InChI=1S/C14H10Cl3N5O5.C13H11N5O6.C12H9N5O5.C12H13N5O5/c1-5-7(22(23)24)4-6-9(19-12(26-3)11(18-6)25-2)8(5)10-20-13(27-21-10)14(15,16)17;1-5-7(18(20)21)4-6-9(8(5)10-16-13(19)24-17-10)15-12(23-3)11(14-6)22-2;1-4-7(17(20)21)3-6-9(15-12(19)11(18)14-6)8(4)10-13-5(2)22-16-10;1-5-7(17(19)20)4-6-9(8(5)10(13)16-18)15-12(22-3)11(14-6)21-2/h4H,1-3H3;4H,1-3H3,(H,16,17,19);3H,1-2H3,(H,14,18)(H,15,19);4,18H,1-3H3,(H2,13,16). The molecule has 0 amide bonds. The van der Waals surface area contributed by atoms with Crippen LogP contribution in [0.15, 0.2) is 57.4 Å². The molecule has 0 saturated carbocycles. The summed E-state index contributed by atoms with van der Waals surface area (Å²) in [6.07, 6.45) is 0. The van der Waals surface area contributed by atoms with E-state index in [4.69, 9.17) is 83.2 Å². The number of nitrogens with zero attached hydrogens (tertiary/aromatic N) is 16. The van der Waals surface area contributed by atoms with Gasteiger partial charge in [-0.2, -0.15) is 9.97 Å². The van der Waals surface area contributed by atoms with Gasteiger partial charge in [0.05, 0.1) is 95.6 Å². The number of benzene rings is 4. The molecule has 0 aliphatic rings. The number of H-pyrrole nitrogens is 3. The molecule has 11 aromatic rings. The topological polar surface area (TPSA) is 566 Å². The summed E-state index contributed by atoms with van der Waals surface area (Å²) in [6, 6.07) is 4.95. The molecule has 11 rings (SSSR count). The van der Waals surface area contributed by atoms with Crippen molar-refractivity contribution in [1.29, 1.82) is 0 Å². The molecule has 0 aliphatic carbocycles.